The van der Waals surface area contributed by atoms with Crippen molar-refractivity contribution in [2.45, 2.75) is 17.6 Å². The van der Waals surface area contributed by atoms with Crippen LogP contribution in [0.4, 0.5) is 9.52 Å². The number of nitrogens with one attached hydrogen (secondary N) is 1. The molecule has 1 fully saturated rings. The minimum Gasteiger partial charge on any atom is -0.359 e. The molecule has 1 saturated carbocycles. The van der Waals surface area contributed by atoms with Crippen LogP contribution in [0.15, 0.2) is 22.7 Å². The summed E-state index contributed by atoms with van der Waals surface area (Å²) >= 11 is 6.62. The first-order valence-electron chi connectivity index (χ1n) is 6.20. The van der Waals surface area contributed by atoms with E-state index in [0.29, 0.717) is 15.3 Å². The monoisotopic (exact) mass is 373 g/mol. The van der Waals surface area contributed by atoms with Crippen molar-refractivity contribution in [3.8, 4) is 10.6 Å². The fourth-order valence-electron chi connectivity index (χ4n) is 1.89. The Kier molecular flexibility index (Phi) is 4.01. The lowest BCUT2D eigenvalue weighted by molar-refractivity contribution is 0.630. The average Bonchev–Trinajstić information content (AvgIpc) is 3.09. The summed E-state index contributed by atoms with van der Waals surface area (Å²) in [7, 11) is 0. The standard InChI is InChI=1S/C13H13BrFN3S2/c1-19-13(4-5-13)7-16-12-18-17-11(20-12)9-6-8(14)2-3-10(9)15/h2-3,6H,4-5,7H2,1H3,(H,16,18). The third kappa shape index (κ3) is 2.99. The predicted molar refractivity (Wildman–Crippen MR) is 87.0 cm³/mol. The number of rotatable bonds is 5. The van der Waals surface area contributed by atoms with E-state index in [9.17, 15) is 4.39 Å². The normalized spacial score (nSPS) is 16.1. The average molecular weight is 374 g/mol. The van der Waals surface area contributed by atoms with Gasteiger partial charge in [-0.15, -0.1) is 10.2 Å². The second kappa shape index (κ2) is 5.61. The van der Waals surface area contributed by atoms with Crippen molar-refractivity contribution in [1.82, 2.24) is 10.2 Å². The van der Waals surface area contributed by atoms with Crippen LogP contribution < -0.4 is 5.32 Å². The highest BCUT2D eigenvalue weighted by Gasteiger charge is 2.41. The number of hydrogen-bond donors (Lipinski definition) is 1. The van der Waals surface area contributed by atoms with Gasteiger partial charge in [-0.1, -0.05) is 27.3 Å². The second-order valence-electron chi connectivity index (χ2n) is 4.78. The molecule has 0 radical (unpaired) electrons. The highest BCUT2D eigenvalue weighted by molar-refractivity contribution is 9.10. The minimum absolute atomic E-state index is 0.279. The van der Waals surface area contributed by atoms with Gasteiger partial charge in [-0.3, -0.25) is 0 Å². The lowest BCUT2D eigenvalue weighted by atomic mass is 10.2. The Morgan fingerprint density at radius 2 is 2.25 bits per heavy atom. The predicted octanol–water partition coefficient (Wildman–Crippen LogP) is 4.41. The van der Waals surface area contributed by atoms with Crippen molar-refractivity contribution >= 4 is 44.2 Å². The second-order valence-corrected chi connectivity index (χ2v) is 7.94. The quantitative estimate of drug-likeness (QED) is 0.841. The SMILES string of the molecule is CSC1(CNc2nnc(-c3cc(Br)ccc3F)s2)CC1. The molecule has 1 aromatic heterocycles. The third-order valence-corrected chi connectivity index (χ3v) is 6.21. The van der Waals surface area contributed by atoms with E-state index >= 15 is 0 Å². The Bertz CT molecular complexity index is 628. The Morgan fingerprint density at radius 1 is 1.45 bits per heavy atom. The Morgan fingerprint density at radius 3 is 2.95 bits per heavy atom. The summed E-state index contributed by atoms with van der Waals surface area (Å²) in [6.45, 7) is 0.893. The molecule has 7 heteroatoms. The molecule has 0 atom stereocenters. The van der Waals surface area contributed by atoms with Crippen LogP contribution >= 0.6 is 39.0 Å². The van der Waals surface area contributed by atoms with E-state index in [-0.39, 0.29) is 5.82 Å². The van der Waals surface area contributed by atoms with Crippen molar-refractivity contribution in [1.29, 1.82) is 0 Å². The summed E-state index contributed by atoms with van der Waals surface area (Å²) in [4.78, 5) is 0. The van der Waals surface area contributed by atoms with Crippen LogP contribution in [0.2, 0.25) is 0 Å². The van der Waals surface area contributed by atoms with Gasteiger partial charge in [0, 0.05) is 21.3 Å². The van der Waals surface area contributed by atoms with Gasteiger partial charge in [-0.05, 0) is 37.3 Å². The summed E-state index contributed by atoms with van der Waals surface area (Å²) in [5.74, 6) is -0.279. The van der Waals surface area contributed by atoms with E-state index in [1.165, 1.54) is 30.2 Å². The summed E-state index contributed by atoms with van der Waals surface area (Å²) in [5.41, 5.74) is 0.482. The smallest absolute Gasteiger partial charge is 0.206 e. The maximum absolute atomic E-state index is 13.8. The molecule has 0 amide bonds. The Hall–Kier alpha value is -0.660. The maximum atomic E-state index is 13.8. The van der Waals surface area contributed by atoms with Gasteiger partial charge in [0.2, 0.25) is 5.13 Å². The van der Waals surface area contributed by atoms with Crippen LogP contribution in [0.1, 0.15) is 12.8 Å². The summed E-state index contributed by atoms with van der Waals surface area (Å²) in [6, 6.07) is 4.83. The van der Waals surface area contributed by atoms with E-state index in [0.717, 1.165) is 16.1 Å². The fraction of sp³-hybridized carbons (Fsp3) is 0.385. The largest absolute Gasteiger partial charge is 0.359 e. The molecule has 1 aromatic carbocycles. The Labute approximate surface area is 133 Å². The first-order chi connectivity index (χ1) is 9.62. The zero-order valence-electron chi connectivity index (χ0n) is 10.8. The molecule has 3 rings (SSSR count). The zero-order chi connectivity index (χ0) is 14.2. The van der Waals surface area contributed by atoms with E-state index in [1.54, 1.807) is 12.1 Å². The fourth-order valence-corrected chi connectivity index (χ4v) is 3.74. The van der Waals surface area contributed by atoms with E-state index < -0.39 is 0 Å². The summed E-state index contributed by atoms with van der Waals surface area (Å²) in [6.07, 6.45) is 4.62. The number of thioether (sulfide) groups is 1. The van der Waals surface area contributed by atoms with Crippen LogP contribution in [-0.4, -0.2) is 27.7 Å². The molecule has 1 aliphatic rings. The molecular formula is C13H13BrFN3S2. The van der Waals surface area contributed by atoms with Gasteiger partial charge >= 0.3 is 0 Å². The number of anilines is 1. The molecule has 0 bridgehead atoms. The van der Waals surface area contributed by atoms with Crippen molar-refractivity contribution in [3.05, 3.63) is 28.5 Å². The van der Waals surface area contributed by atoms with Crippen molar-refractivity contribution < 1.29 is 4.39 Å². The van der Waals surface area contributed by atoms with Gasteiger partial charge in [0.15, 0.2) is 5.01 Å². The summed E-state index contributed by atoms with van der Waals surface area (Å²) < 4.78 is 15.0. The molecular weight excluding hydrogens is 361 g/mol. The highest BCUT2D eigenvalue weighted by atomic mass is 79.9. The molecule has 1 N–H and O–H groups in total. The third-order valence-electron chi connectivity index (χ3n) is 3.39. The first kappa shape index (κ1) is 14.3. The topological polar surface area (TPSA) is 37.8 Å². The van der Waals surface area contributed by atoms with Crippen molar-refractivity contribution in [2.24, 2.45) is 0 Å². The molecule has 1 aliphatic carbocycles. The van der Waals surface area contributed by atoms with Gasteiger partial charge in [0.25, 0.3) is 0 Å². The molecule has 0 unspecified atom stereocenters. The van der Waals surface area contributed by atoms with Crippen molar-refractivity contribution in [3.63, 3.8) is 0 Å². The summed E-state index contributed by atoms with van der Waals surface area (Å²) in [5, 5.41) is 12.8. The van der Waals surface area contributed by atoms with Gasteiger partial charge in [-0.25, -0.2) is 4.39 Å². The van der Waals surface area contributed by atoms with Crippen LogP contribution in [-0.2, 0) is 0 Å². The maximum Gasteiger partial charge on any atom is 0.206 e. The highest BCUT2D eigenvalue weighted by Crippen LogP contribution is 2.47. The van der Waals surface area contributed by atoms with E-state index in [2.05, 4.69) is 37.7 Å². The zero-order valence-corrected chi connectivity index (χ0v) is 14.0. The molecule has 20 heavy (non-hydrogen) atoms. The van der Waals surface area contributed by atoms with Gasteiger partial charge < -0.3 is 5.32 Å². The molecule has 0 aliphatic heterocycles. The van der Waals surface area contributed by atoms with Crippen LogP contribution in [0.3, 0.4) is 0 Å². The number of benzene rings is 1. The van der Waals surface area contributed by atoms with Gasteiger partial charge in [0.1, 0.15) is 5.82 Å². The van der Waals surface area contributed by atoms with Crippen LogP contribution in [0.25, 0.3) is 10.6 Å². The number of halogens is 2. The van der Waals surface area contributed by atoms with Crippen LogP contribution in [0, 0.1) is 5.82 Å². The van der Waals surface area contributed by atoms with E-state index in [1.807, 2.05) is 11.8 Å². The van der Waals surface area contributed by atoms with Crippen LogP contribution in [0.5, 0.6) is 0 Å². The molecule has 106 valence electrons. The molecule has 2 aromatic rings. The molecule has 3 nitrogen and oxygen atoms in total. The first-order valence-corrected chi connectivity index (χ1v) is 9.03. The lowest BCUT2D eigenvalue weighted by Gasteiger charge is -2.11. The number of nitrogens with zero attached hydrogens (tertiary/aromatic N) is 2. The molecule has 0 saturated heterocycles. The minimum atomic E-state index is -0.279. The van der Waals surface area contributed by atoms with Gasteiger partial charge in [-0.2, -0.15) is 11.8 Å². The number of aromatic nitrogens is 2. The Balaban J connectivity index is 1.74. The molecule has 0 spiro atoms. The van der Waals surface area contributed by atoms with Crippen molar-refractivity contribution in [2.75, 3.05) is 18.1 Å². The van der Waals surface area contributed by atoms with E-state index in [4.69, 9.17) is 0 Å². The number of hydrogen-bond acceptors (Lipinski definition) is 5. The molecule has 1 heterocycles. The lowest BCUT2D eigenvalue weighted by Crippen LogP contribution is -2.17. The van der Waals surface area contributed by atoms with Gasteiger partial charge in [0.05, 0.1) is 0 Å².